The molecule has 4 rings (SSSR count). The minimum atomic E-state index is -0.659. The van der Waals surface area contributed by atoms with Crippen LogP contribution in [0.4, 0.5) is 9.18 Å². The first kappa shape index (κ1) is 20.4. The van der Waals surface area contributed by atoms with E-state index in [0.29, 0.717) is 21.5 Å². The van der Waals surface area contributed by atoms with Crippen LogP contribution >= 0.6 is 27.7 Å². The zero-order valence-corrected chi connectivity index (χ0v) is 17.7. The molecule has 2 aromatic rings. The van der Waals surface area contributed by atoms with Crippen molar-refractivity contribution in [2.45, 2.75) is 0 Å². The van der Waals surface area contributed by atoms with Crippen molar-refractivity contribution in [1.29, 1.82) is 0 Å². The van der Waals surface area contributed by atoms with E-state index in [1.165, 1.54) is 18.2 Å². The Morgan fingerprint density at radius 1 is 1.20 bits per heavy atom. The summed E-state index contributed by atoms with van der Waals surface area (Å²) in [4.78, 5) is 38.3. The van der Waals surface area contributed by atoms with Gasteiger partial charge in [0.1, 0.15) is 5.82 Å². The highest BCUT2D eigenvalue weighted by molar-refractivity contribution is 9.10. The molecular weight excluding hydrogens is 479 g/mol. The lowest BCUT2D eigenvalue weighted by molar-refractivity contribution is -0.122. The van der Waals surface area contributed by atoms with E-state index in [0.717, 1.165) is 16.7 Å². The number of rotatable bonds is 5. The Labute approximate surface area is 183 Å². The zero-order valence-electron chi connectivity index (χ0n) is 15.3. The van der Waals surface area contributed by atoms with Crippen LogP contribution in [0, 0.1) is 5.82 Å². The molecule has 1 fully saturated rings. The Hall–Kier alpha value is -2.85. The molecule has 10 heteroatoms. The van der Waals surface area contributed by atoms with Crippen molar-refractivity contribution in [3.8, 4) is 11.5 Å². The second-order valence-corrected chi connectivity index (χ2v) is 8.23. The van der Waals surface area contributed by atoms with Gasteiger partial charge in [0.05, 0.1) is 10.5 Å². The summed E-state index contributed by atoms with van der Waals surface area (Å²) >= 11 is 4.00. The molecule has 3 amide bonds. The van der Waals surface area contributed by atoms with E-state index >= 15 is 0 Å². The van der Waals surface area contributed by atoms with Gasteiger partial charge in [-0.1, -0.05) is 22.0 Å². The largest absolute Gasteiger partial charge is 0.454 e. The number of benzene rings is 2. The molecule has 30 heavy (non-hydrogen) atoms. The number of hydrogen-bond acceptors (Lipinski definition) is 6. The average Bonchev–Trinajstić information content (AvgIpc) is 3.29. The van der Waals surface area contributed by atoms with Crippen LogP contribution in [-0.4, -0.2) is 41.8 Å². The van der Waals surface area contributed by atoms with E-state index in [1.807, 2.05) is 0 Å². The second-order valence-electron chi connectivity index (χ2n) is 6.33. The molecule has 0 aromatic heterocycles. The van der Waals surface area contributed by atoms with Gasteiger partial charge in [-0.15, -0.1) is 0 Å². The maximum absolute atomic E-state index is 13.8. The number of carbonyl (C=O) groups is 3. The first-order valence-corrected chi connectivity index (χ1v) is 10.4. The van der Waals surface area contributed by atoms with Crippen molar-refractivity contribution in [2.75, 3.05) is 19.9 Å². The summed E-state index contributed by atoms with van der Waals surface area (Å²) in [5.74, 6) is -0.542. The smallest absolute Gasteiger partial charge is 0.293 e. The number of thioether (sulfide) groups is 1. The van der Waals surface area contributed by atoms with E-state index in [9.17, 15) is 18.8 Å². The second kappa shape index (κ2) is 8.49. The van der Waals surface area contributed by atoms with Gasteiger partial charge in [-0.05, 0) is 53.7 Å². The molecule has 2 heterocycles. The first-order chi connectivity index (χ1) is 14.4. The van der Waals surface area contributed by atoms with Gasteiger partial charge < -0.3 is 14.8 Å². The number of amides is 3. The summed E-state index contributed by atoms with van der Waals surface area (Å²) in [6.07, 6.45) is 1.60. The number of carbonyl (C=O) groups excluding carboxylic acids is 3. The number of fused-ring (bicyclic) bond motifs is 1. The van der Waals surface area contributed by atoms with Gasteiger partial charge >= 0.3 is 0 Å². The molecule has 0 unspecified atom stereocenters. The number of halogens is 2. The molecule has 0 atom stereocenters. The maximum Gasteiger partial charge on any atom is 0.293 e. The molecule has 0 bridgehead atoms. The first-order valence-electron chi connectivity index (χ1n) is 8.80. The molecule has 2 aliphatic heterocycles. The quantitative estimate of drug-likeness (QED) is 0.639. The van der Waals surface area contributed by atoms with Gasteiger partial charge in [-0.3, -0.25) is 19.3 Å². The van der Waals surface area contributed by atoms with Gasteiger partial charge in [0.2, 0.25) is 6.79 Å². The van der Waals surface area contributed by atoms with Crippen LogP contribution in [0.25, 0.3) is 6.08 Å². The summed E-state index contributed by atoms with van der Waals surface area (Å²) in [6, 6.07) is 9.24. The van der Waals surface area contributed by atoms with E-state index in [4.69, 9.17) is 9.47 Å². The number of imide groups is 1. The predicted molar refractivity (Wildman–Crippen MR) is 112 cm³/mol. The van der Waals surface area contributed by atoms with E-state index < -0.39 is 22.9 Å². The van der Waals surface area contributed by atoms with Crippen molar-refractivity contribution in [3.05, 3.63) is 62.7 Å². The van der Waals surface area contributed by atoms with Crippen LogP contribution in [0.1, 0.15) is 15.9 Å². The summed E-state index contributed by atoms with van der Waals surface area (Å²) in [6.45, 7) is 0.121. The SMILES string of the molecule is O=C(NCCN1C(=O)S/C(=C\c2ccc3c(c2)OCO3)C1=O)c1cc(Br)ccc1F. The third-order valence-corrected chi connectivity index (χ3v) is 5.76. The van der Waals surface area contributed by atoms with Gasteiger partial charge in [-0.2, -0.15) is 0 Å². The maximum atomic E-state index is 13.8. The van der Waals surface area contributed by atoms with Crippen LogP contribution < -0.4 is 14.8 Å². The zero-order chi connectivity index (χ0) is 21.3. The molecule has 2 aliphatic rings. The van der Waals surface area contributed by atoms with Crippen molar-refractivity contribution in [3.63, 3.8) is 0 Å². The molecule has 7 nitrogen and oxygen atoms in total. The predicted octanol–water partition coefficient (Wildman–Crippen LogP) is 3.78. The van der Waals surface area contributed by atoms with Crippen molar-refractivity contribution in [2.24, 2.45) is 0 Å². The lowest BCUT2D eigenvalue weighted by Crippen LogP contribution is -2.37. The highest BCUT2D eigenvalue weighted by Gasteiger charge is 2.34. The minimum Gasteiger partial charge on any atom is -0.454 e. The monoisotopic (exact) mass is 492 g/mol. The fourth-order valence-corrected chi connectivity index (χ4v) is 4.12. The molecule has 1 saturated heterocycles. The third kappa shape index (κ3) is 4.19. The Balaban J connectivity index is 1.38. The summed E-state index contributed by atoms with van der Waals surface area (Å²) in [5.41, 5.74) is 0.574. The number of ether oxygens (including phenoxy) is 2. The number of nitrogens with zero attached hydrogens (tertiary/aromatic N) is 1. The lowest BCUT2D eigenvalue weighted by atomic mass is 10.2. The lowest BCUT2D eigenvalue weighted by Gasteiger charge is -2.13. The topological polar surface area (TPSA) is 84.9 Å². The normalized spacial score (nSPS) is 16.5. The van der Waals surface area contributed by atoms with Crippen LogP contribution in [0.2, 0.25) is 0 Å². The highest BCUT2D eigenvalue weighted by atomic mass is 79.9. The van der Waals surface area contributed by atoms with Crippen molar-refractivity contribution >= 4 is 50.8 Å². The molecular formula is C20H14BrFN2O5S. The van der Waals surface area contributed by atoms with Crippen molar-refractivity contribution in [1.82, 2.24) is 10.2 Å². The average molecular weight is 493 g/mol. The van der Waals surface area contributed by atoms with Crippen LogP contribution in [-0.2, 0) is 4.79 Å². The van der Waals surface area contributed by atoms with Crippen LogP contribution in [0.15, 0.2) is 45.8 Å². The van der Waals surface area contributed by atoms with Gasteiger partial charge in [0, 0.05) is 17.6 Å². The molecule has 0 radical (unpaired) electrons. The van der Waals surface area contributed by atoms with E-state index in [-0.39, 0.29) is 30.4 Å². The Kier molecular flexibility index (Phi) is 5.78. The van der Waals surface area contributed by atoms with Crippen LogP contribution in [0.5, 0.6) is 11.5 Å². The molecule has 0 aliphatic carbocycles. The molecule has 1 N–H and O–H groups in total. The fourth-order valence-electron chi connectivity index (χ4n) is 2.90. The van der Waals surface area contributed by atoms with Crippen molar-refractivity contribution < 1.29 is 28.2 Å². The Morgan fingerprint density at radius 3 is 2.83 bits per heavy atom. The summed E-state index contributed by atoms with van der Waals surface area (Å²) in [7, 11) is 0. The molecule has 0 saturated carbocycles. The van der Waals surface area contributed by atoms with Gasteiger partial charge in [-0.25, -0.2) is 4.39 Å². The Morgan fingerprint density at radius 2 is 2.00 bits per heavy atom. The molecule has 154 valence electrons. The highest BCUT2D eigenvalue weighted by Crippen LogP contribution is 2.36. The summed E-state index contributed by atoms with van der Waals surface area (Å²) in [5, 5.41) is 2.09. The fraction of sp³-hybridized carbons (Fsp3) is 0.150. The van der Waals surface area contributed by atoms with Gasteiger partial charge in [0.25, 0.3) is 17.1 Å². The Bertz CT molecular complexity index is 1090. The minimum absolute atomic E-state index is 0.000130. The van der Waals surface area contributed by atoms with E-state index in [1.54, 1.807) is 24.3 Å². The number of hydrogen-bond donors (Lipinski definition) is 1. The summed E-state index contributed by atoms with van der Waals surface area (Å²) < 4.78 is 24.9. The molecule has 2 aromatic carbocycles. The third-order valence-electron chi connectivity index (χ3n) is 4.36. The molecule has 0 spiro atoms. The van der Waals surface area contributed by atoms with Crippen LogP contribution in [0.3, 0.4) is 0 Å². The van der Waals surface area contributed by atoms with E-state index in [2.05, 4.69) is 21.2 Å². The number of nitrogens with one attached hydrogen (secondary N) is 1. The van der Waals surface area contributed by atoms with Gasteiger partial charge in [0.15, 0.2) is 11.5 Å². The standard InChI is InChI=1S/C20H14BrFN2O5S/c21-12-2-3-14(22)13(9-12)18(25)23-5-6-24-19(26)17(30-20(24)27)8-11-1-4-15-16(7-11)29-10-28-15/h1-4,7-9H,5-6,10H2,(H,23,25)/b17-8-.